The van der Waals surface area contributed by atoms with Crippen molar-refractivity contribution in [2.45, 2.75) is 57.3 Å². The van der Waals surface area contributed by atoms with Gasteiger partial charge in [-0.05, 0) is 41.8 Å². The van der Waals surface area contributed by atoms with Gasteiger partial charge in [0.1, 0.15) is 24.3 Å². The second-order valence-corrected chi connectivity index (χ2v) is 10.4. The van der Waals surface area contributed by atoms with Crippen LogP contribution in [-0.4, -0.2) is 43.9 Å². The van der Waals surface area contributed by atoms with E-state index in [0.29, 0.717) is 28.1 Å². The van der Waals surface area contributed by atoms with Crippen LogP contribution in [0.15, 0.2) is 47.7 Å². The fourth-order valence-corrected chi connectivity index (χ4v) is 4.91. The molecule has 0 spiro atoms. The number of rotatable bonds is 9. The highest BCUT2D eigenvalue weighted by Crippen LogP contribution is 2.56. The lowest BCUT2D eigenvalue weighted by atomic mass is 9.61. The second-order valence-electron chi connectivity index (χ2n) is 10.4. The number of benzene rings is 1. The van der Waals surface area contributed by atoms with Crippen LogP contribution in [0.4, 0.5) is 27.6 Å². The Hall–Kier alpha value is -3.61. The van der Waals surface area contributed by atoms with Crippen LogP contribution in [0.5, 0.6) is 0 Å². The molecule has 8 nitrogen and oxygen atoms in total. The van der Waals surface area contributed by atoms with E-state index in [1.807, 2.05) is 13.8 Å². The number of carbonyl (C=O) groups is 1. The molecule has 1 aliphatic rings. The summed E-state index contributed by atoms with van der Waals surface area (Å²) in [5, 5.41) is 13.5. The van der Waals surface area contributed by atoms with Gasteiger partial charge in [0, 0.05) is 38.3 Å². The molecule has 1 aromatic carbocycles. The third-order valence-electron chi connectivity index (χ3n) is 6.55. The molecular weight excluding hydrogens is 523 g/mol. The summed E-state index contributed by atoms with van der Waals surface area (Å²) >= 11 is 0. The van der Waals surface area contributed by atoms with Crippen molar-refractivity contribution in [3.05, 3.63) is 75.7 Å². The fourth-order valence-electron chi connectivity index (χ4n) is 4.91. The minimum atomic E-state index is -4.67. The number of anilines is 1. The van der Waals surface area contributed by atoms with Crippen LogP contribution in [0.3, 0.4) is 0 Å². The van der Waals surface area contributed by atoms with Gasteiger partial charge in [-0.3, -0.25) is 9.59 Å². The first-order chi connectivity index (χ1) is 18.2. The number of pyridine rings is 1. The summed E-state index contributed by atoms with van der Waals surface area (Å²) in [6.45, 7) is 3.11. The van der Waals surface area contributed by atoms with Crippen molar-refractivity contribution in [1.29, 1.82) is 0 Å². The molecule has 4 rings (SSSR count). The first-order valence-corrected chi connectivity index (χ1v) is 12.3. The number of halogens is 5. The Balaban J connectivity index is 1.65. The van der Waals surface area contributed by atoms with Crippen molar-refractivity contribution < 1.29 is 26.7 Å². The number of hydrogen-bond acceptors (Lipinski definition) is 5. The van der Waals surface area contributed by atoms with Gasteiger partial charge in [-0.15, -0.1) is 10.2 Å². The van der Waals surface area contributed by atoms with E-state index >= 15 is 0 Å². The van der Waals surface area contributed by atoms with Crippen LogP contribution in [0.1, 0.15) is 54.0 Å². The summed E-state index contributed by atoms with van der Waals surface area (Å²) in [5.41, 5.74) is -1.72. The lowest BCUT2D eigenvalue weighted by Gasteiger charge is -2.46. The molecular formula is C26H29F5N6O2. The zero-order valence-corrected chi connectivity index (χ0v) is 21.6. The fraction of sp³-hybridized carbons (Fsp3) is 0.462. The Morgan fingerprint density at radius 1 is 1.18 bits per heavy atom. The number of aromatic nitrogens is 4. The minimum Gasteiger partial charge on any atom is -0.322 e. The van der Waals surface area contributed by atoms with E-state index in [-0.39, 0.29) is 18.2 Å². The van der Waals surface area contributed by atoms with Crippen LogP contribution >= 0.6 is 0 Å². The van der Waals surface area contributed by atoms with E-state index in [0.717, 1.165) is 6.20 Å². The monoisotopic (exact) mass is 552 g/mol. The predicted octanol–water partition coefficient (Wildman–Crippen LogP) is 4.25. The predicted molar refractivity (Wildman–Crippen MR) is 134 cm³/mol. The van der Waals surface area contributed by atoms with Gasteiger partial charge < -0.3 is 19.8 Å². The number of nitrogens with zero attached hydrogens (tertiary/aromatic N) is 4. The number of nitrogens with one attached hydrogen (secondary N) is 2. The van der Waals surface area contributed by atoms with Crippen LogP contribution < -0.4 is 16.2 Å². The van der Waals surface area contributed by atoms with E-state index in [4.69, 9.17) is 0 Å². The Kier molecular flexibility index (Phi) is 7.66. The zero-order chi connectivity index (χ0) is 28.6. The molecule has 0 bridgehead atoms. The quantitative estimate of drug-likeness (QED) is 0.387. The molecule has 0 radical (unpaired) electrons. The molecule has 2 aromatic heterocycles. The van der Waals surface area contributed by atoms with Gasteiger partial charge in [-0.1, -0.05) is 26.0 Å². The Morgan fingerprint density at radius 2 is 1.90 bits per heavy atom. The first-order valence-electron chi connectivity index (χ1n) is 12.3. The normalized spacial score (nSPS) is 16.2. The topological polar surface area (TPSA) is 93.8 Å². The van der Waals surface area contributed by atoms with E-state index in [2.05, 4.69) is 20.8 Å². The van der Waals surface area contributed by atoms with E-state index in [9.17, 15) is 31.5 Å². The molecule has 0 atom stereocenters. The molecule has 1 fully saturated rings. The maximum atomic E-state index is 14.1. The summed E-state index contributed by atoms with van der Waals surface area (Å²) in [6.07, 6.45) is -3.18. The molecule has 13 heteroatoms. The van der Waals surface area contributed by atoms with E-state index in [1.54, 1.807) is 23.7 Å². The first kappa shape index (κ1) is 28.4. The summed E-state index contributed by atoms with van der Waals surface area (Å²) in [4.78, 5) is 26.0. The Morgan fingerprint density at radius 3 is 2.49 bits per heavy atom. The highest BCUT2D eigenvalue weighted by molar-refractivity contribution is 6.04. The summed E-state index contributed by atoms with van der Waals surface area (Å²) in [6, 6.07) is 7.47. The second kappa shape index (κ2) is 10.5. The molecule has 1 aliphatic carbocycles. The van der Waals surface area contributed by atoms with Gasteiger partial charge in [0.15, 0.2) is 0 Å². The molecule has 0 unspecified atom stereocenters. The van der Waals surface area contributed by atoms with Gasteiger partial charge in [-0.25, -0.2) is 8.78 Å². The highest BCUT2D eigenvalue weighted by atomic mass is 19.4. The molecule has 210 valence electrons. The number of hydrogen-bond donors (Lipinski definition) is 2. The number of alkyl halides is 5. The molecule has 1 amide bonds. The van der Waals surface area contributed by atoms with Crippen molar-refractivity contribution >= 4 is 11.6 Å². The average molecular weight is 553 g/mol. The zero-order valence-electron chi connectivity index (χ0n) is 21.6. The average Bonchev–Trinajstić information content (AvgIpc) is 3.24. The molecule has 2 N–H and O–H groups in total. The maximum absolute atomic E-state index is 14.1. The van der Waals surface area contributed by atoms with Crippen LogP contribution in [0.25, 0.3) is 0 Å². The molecule has 0 aliphatic heterocycles. The van der Waals surface area contributed by atoms with E-state index < -0.39 is 53.9 Å². The third kappa shape index (κ3) is 6.35. The molecule has 39 heavy (non-hydrogen) atoms. The molecule has 1 saturated carbocycles. The van der Waals surface area contributed by atoms with Crippen molar-refractivity contribution in [3.63, 3.8) is 0 Å². The van der Waals surface area contributed by atoms with Gasteiger partial charge in [0.25, 0.3) is 17.4 Å². The van der Waals surface area contributed by atoms with Gasteiger partial charge in [-0.2, -0.15) is 13.2 Å². The molecule has 0 saturated heterocycles. The summed E-state index contributed by atoms with van der Waals surface area (Å²) < 4.78 is 69.7. The van der Waals surface area contributed by atoms with Gasteiger partial charge in [0.05, 0.1) is 5.41 Å². The van der Waals surface area contributed by atoms with Crippen molar-refractivity contribution in [2.24, 2.45) is 13.0 Å². The lowest BCUT2D eigenvalue weighted by Crippen LogP contribution is -2.51. The third-order valence-corrected chi connectivity index (χ3v) is 6.55. The van der Waals surface area contributed by atoms with Crippen molar-refractivity contribution in [1.82, 2.24) is 24.6 Å². The summed E-state index contributed by atoms with van der Waals surface area (Å²) in [5.74, 6) is -3.20. The van der Waals surface area contributed by atoms with Crippen LogP contribution in [0, 0.1) is 5.92 Å². The SMILES string of the molecule is CC(C)CNCc1cc(C(=O)Nc2cccc(C3(c4nncn4C)CC(F)(F)C3)c2)c(=O)n(CC(F)(F)F)c1. The maximum Gasteiger partial charge on any atom is 0.406 e. The smallest absolute Gasteiger partial charge is 0.322 e. The van der Waals surface area contributed by atoms with Gasteiger partial charge >= 0.3 is 6.18 Å². The Bertz CT molecular complexity index is 1400. The van der Waals surface area contributed by atoms with E-state index in [1.165, 1.54) is 24.5 Å². The summed E-state index contributed by atoms with van der Waals surface area (Å²) in [7, 11) is 1.65. The molecule has 2 heterocycles. The van der Waals surface area contributed by atoms with Crippen LogP contribution in [0.2, 0.25) is 0 Å². The van der Waals surface area contributed by atoms with Crippen molar-refractivity contribution in [2.75, 3.05) is 11.9 Å². The lowest BCUT2D eigenvalue weighted by molar-refractivity contribution is -0.141. The van der Waals surface area contributed by atoms with Crippen LogP contribution in [-0.2, 0) is 25.6 Å². The number of aryl methyl sites for hydroxylation is 1. The van der Waals surface area contributed by atoms with Gasteiger partial charge in [0.2, 0.25) is 0 Å². The largest absolute Gasteiger partial charge is 0.406 e. The van der Waals surface area contributed by atoms with Crippen molar-refractivity contribution in [3.8, 4) is 0 Å². The minimum absolute atomic E-state index is 0.153. The standard InChI is InChI=1S/C26H29F5N6O2/c1-16(2)9-32-10-17-7-20(22(39)37(11-17)14-26(29,30)31)21(38)34-19-6-4-5-18(8-19)24(12-25(27,28)13-24)23-35-33-15-36(23)3/h4-8,11,15-16,32H,9-10,12-14H2,1-3H3,(H,34,38). The molecule has 3 aromatic rings. The number of amides is 1. The highest BCUT2D eigenvalue weighted by Gasteiger charge is 2.60. The number of carbonyl (C=O) groups excluding carboxylic acids is 1. The Labute approximate surface area is 221 Å².